The van der Waals surface area contributed by atoms with Crippen LogP contribution in [-0.4, -0.2) is 27.3 Å². The molecule has 0 atom stereocenters. The van der Waals surface area contributed by atoms with Gasteiger partial charge in [0, 0.05) is 37.9 Å². The van der Waals surface area contributed by atoms with Gasteiger partial charge in [-0.1, -0.05) is 66.2 Å². The van der Waals surface area contributed by atoms with Crippen molar-refractivity contribution in [1.29, 1.82) is 0 Å². The molecule has 0 aliphatic heterocycles. The molecule has 168 valence electrons. The van der Waals surface area contributed by atoms with E-state index in [1.807, 2.05) is 36.4 Å². The summed E-state index contributed by atoms with van der Waals surface area (Å²) in [5.41, 5.74) is 4.90. The van der Waals surface area contributed by atoms with Crippen LogP contribution < -0.4 is 5.32 Å². The average molecular weight is 441 g/mol. The van der Waals surface area contributed by atoms with E-state index in [1.54, 1.807) is 6.20 Å². The van der Waals surface area contributed by atoms with Gasteiger partial charge in [-0.2, -0.15) is 0 Å². The number of hydrogen-bond donors (Lipinski definition) is 1. The zero-order valence-corrected chi connectivity index (χ0v) is 18.8. The number of rotatable bonds is 10. The minimum Gasteiger partial charge on any atom is -0.447 e. The number of pyridine rings is 1. The van der Waals surface area contributed by atoms with Crippen LogP contribution >= 0.6 is 0 Å². The Morgan fingerprint density at radius 3 is 2.52 bits per heavy atom. The van der Waals surface area contributed by atoms with Crippen molar-refractivity contribution in [3.8, 4) is 0 Å². The van der Waals surface area contributed by atoms with Gasteiger partial charge in [0.25, 0.3) is 5.91 Å². The lowest BCUT2D eigenvalue weighted by Crippen LogP contribution is -2.26. The van der Waals surface area contributed by atoms with Gasteiger partial charge in [-0.05, 0) is 30.2 Å². The number of hydrogen-bond acceptors (Lipinski definition) is 5. The number of aryl methyl sites for hydroxylation is 1. The van der Waals surface area contributed by atoms with E-state index >= 15 is 0 Å². The van der Waals surface area contributed by atoms with E-state index in [0.29, 0.717) is 31.1 Å². The highest BCUT2D eigenvalue weighted by molar-refractivity contribution is 5.91. The molecule has 0 radical (unpaired) electrons. The summed E-state index contributed by atoms with van der Waals surface area (Å²) in [7, 11) is 0. The summed E-state index contributed by atoms with van der Waals surface area (Å²) < 4.78 is 5.65. The Balaban J connectivity index is 1.39. The number of aromatic nitrogens is 2. The third-order valence-corrected chi connectivity index (χ3v) is 5.27. The Morgan fingerprint density at radius 1 is 0.939 bits per heavy atom. The Kier molecular flexibility index (Phi) is 7.61. The molecule has 0 saturated carbocycles. The highest BCUT2D eigenvalue weighted by atomic mass is 16.3. The molecule has 4 rings (SSSR count). The van der Waals surface area contributed by atoms with Crippen molar-refractivity contribution in [2.24, 2.45) is 0 Å². The normalized spacial score (nSPS) is 11.0. The van der Waals surface area contributed by atoms with Gasteiger partial charge in [-0.15, -0.1) is 0 Å². The van der Waals surface area contributed by atoms with Crippen molar-refractivity contribution in [3.05, 3.63) is 119 Å². The van der Waals surface area contributed by atoms with E-state index in [0.717, 1.165) is 18.8 Å². The number of nitrogens with one attached hydrogen (secondary N) is 1. The summed E-state index contributed by atoms with van der Waals surface area (Å²) in [6.07, 6.45) is 3.84. The Morgan fingerprint density at radius 2 is 1.73 bits per heavy atom. The van der Waals surface area contributed by atoms with E-state index in [9.17, 15) is 4.79 Å². The molecule has 0 spiro atoms. The molecule has 0 bridgehead atoms. The quantitative estimate of drug-likeness (QED) is 0.392. The van der Waals surface area contributed by atoms with Crippen LogP contribution in [0.15, 0.2) is 89.7 Å². The minimum absolute atomic E-state index is 0.241. The van der Waals surface area contributed by atoms with Crippen LogP contribution in [0.3, 0.4) is 0 Å². The van der Waals surface area contributed by atoms with E-state index < -0.39 is 0 Å². The maximum Gasteiger partial charge on any atom is 0.273 e. The molecule has 0 saturated heterocycles. The van der Waals surface area contributed by atoms with E-state index in [-0.39, 0.29) is 5.91 Å². The van der Waals surface area contributed by atoms with Crippen molar-refractivity contribution in [3.63, 3.8) is 0 Å². The first-order chi connectivity index (χ1) is 16.2. The first kappa shape index (κ1) is 22.4. The van der Waals surface area contributed by atoms with E-state index in [4.69, 9.17) is 4.42 Å². The molecule has 1 amide bonds. The van der Waals surface area contributed by atoms with Crippen molar-refractivity contribution in [2.45, 2.75) is 33.0 Å². The molecule has 2 heterocycles. The van der Waals surface area contributed by atoms with Crippen LogP contribution in [0.5, 0.6) is 0 Å². The van der Waals surface area contributed by atoms with Crippen LogP contribution in [0.25, 0.3) is 0 Å². The number of carbonyl (C=O) groups excluding carboxylic acids is 1. The molecule has 2 aromatic heterocycles. The average Bonchev–Trinajstić information content (AvgIpc) is 3.29. The standard InChI is InChI=1S/C27H28N4O2/c1-21-8-7-11-23(16-21)18-31(17-22-9-3-2-4-10-22)19-26-30-25(20-33-26)27(32)29-15-13-24-12-5-6-14-28-24/h2-12,14,16,20H,13,15,17-19H2,1H3,(H,29,32). The summed E-state index contributed by atoms with van der Waals surface area (Å²) in [6, 6.07) is 24.6. The van der Waals surface area contributed by atoms with Crippen LogP contribution in [0.4, 0.5) is 0 Å². The van der Waals surface area contributed by atoms with Crippen LogP contribution in [-0.2, 0) is 26.1 Å². The molecular weight excluding hydrogens is 412 g/mol. The fourth-order valence-electron chi connectivity index (χ4n) is 3.70. The molecular formula is C27H28N4O2. The largest absolute Gasteiger partial charge is 0.447 e. The Bertz CT molecular complexity index is 1160. The summed E-state index contributed by atoms with van der Waals surface area (Å²) >= 11 is 0. The van der Waals surface area contributed by atoms with E-state index in [1.165, 1.54) is 23.0 Å². The van der Waals surface area contributed by atoms with Crippen molar-refractivity contribution < 1.29 is 9.21 Å². The number of benzene rings is 2. The van der Waals surface area contributed by atoms with Gasteiger partial charge < -0.3 is 9.73 Å². The SMILES string of the molecule is Cc1cccc(CN(Cc2ccccc2)Cc2nc(C(=O)NCCc3ccccn3)co2)c1. The monoisotopic (exact) mass is 440 g/mol. The van der Waals surface area contributed by atoms with E-state index in [2.05, 4.69) is 63.5 Å². The topological polar surface area (TPSA) is 71.3 Å². The first-order valence-electron chi connectivity index (χ1n) is 11.1. The van der Waals surface area contributed by atoms with Crippen LogP contribution in [0.1, 0.15) is 38.8 Å². The lowest BCUT2D eigenvalue weighted by Gasteiger charge is -2.21. The number of amides is 1. The lowest BCUT2D eigenvalue weighted by atomic mass is 10.1. The Labute approximate surface area is 194 Å². The minimum atomic E-state index is -0.241. The molecule has 0 unspecified atom stereocenters. The van der Waals surface area contributed by atoms with Gasteiger partial charge in [-0.25, -0.2) is 4.98 Å². The molecule has 2 aromatic carbocycles. The highest BCUT2D eigenvalue weighted by Crippen LogP contribution is 2.15. The van der Waals surface area contributed by atoms with Crippen molar-refractivity contribution in [1.82, 2.24) is 20.2 Å². The van der Waals surface area contributed by atoms with Gasteiger partial charge in [0.1, 0.15) is 6.26 Å². The second kappa shape index (κ2) is 11.2. The third kappa shape index (κ3) is 6.85. The molecule has 1 N–H and O–H groups in total. The van der Waals surface area contributed by atoms with Crippen LogP contribution in [0, 0.1) is 6.92 Å². The smallest absolute Gasteiger partial charge is 0.273 e. The van der Waals surface area contributed by atoms with Crippen molar-refractivity contribution >= 4 is 5.91 Å². The highest BCUT2D eigenvalue weighted by Gasteiger charge is 2.16. The third-order valence-electron chi connectivity index (χ3n) is 5.27. The fourth-order valence-corrected chi connectivity index (χ4v) is 3.70. The molecule has 0 aliphatic rings. The summed E-state index contributed by atoms with van der Waals surface area (Å²) in [6.45, 7) is 4.60. The van der Waals surface area contributed by atoms with Crippen LogP contribution in [0.2, 0.25) is 0 Å². The zero-order valence-electron chi connectivity index (χ0n) is 18.8. The maximum absolute atomic E-state index is 12.5. The zero-order chi connectivity index (χ0) is 22.9. The molecule has 4 aromatic rings. The lowest BCUT2D eigenvalue weighted by molar-refractivity contribution is 0.0949. The molecule has 0 aliphatic carbocycles. The predicted octanol–water partition coefficient (Wildman–Crippen LogP) is 4.55. The number of oxazole rings is 1. The van der Waals surface area contributed by atoms with Gasteiger partial charge in [-0.3, -0.25) is 14.7 Å². The van der Waals surface area contributed by atoms with Gasteiger partial charge in [0.2, 0.25) is 5.89 Å². The number of nitrogens with zero attached hydrogens (tertiary/aromatic N) is 3. The second-order valence-corrected chi connectivity index (χ2v) is 8.07. The van der Waals surface area contributed by atoms with Gasteiger partial charge in [0.15, 0.2) is 5.69 Å². The maximum atomic E-state index is 12.5. The van der Waals surface area contributed by atoms with Gasteiger partial charge in [0.05, 0.1) is 6.54 Å². The fraction of sp³-hybridized carbons (Fsp3) is 0.222. The molecule has 6 nitrogen and oxygen atoms in total. The van der Waals surface area contributed by atoms with Crippen molar-refractivity contribution in [2.75, 3.05) is 6.54 Å². The number of carbonyl (C=O) groups is 1. The second-order valence-electron chi connectivity index (χ2n) is 8.07. The molecule has 33 heavy (non-hydrogen) atoms. The molecule has 0 fully saturated rings. The predicted molar refractivity (Wildman–Crippen MR) is 127 cm³/mol. The molecule has 6 heteroatoms. The first-order valence-corrected chi connectivity index (χ1v) is 11.1. The van der Waals surface area contributed by atoms with Gasteiger partial charge >= 0.3 is 0 Å². The Hall–Kier alpha value is -3.77. The summed E-state index contributed by atoms with van der Waals surface area (Å²) in [5.74, 6) is 0.280. The summed E-state index contributed by atoms with van der Waals surface area (Å²) in [4.78, 5) is 23.5. The summed E-state index contributed by atoms with van der Waals surface area (Å²) in [5, 5.41) is 2.88.